The molecular weight excluding hydrogens is 458 g/mol. The molecule has 5 rings (SSSR count). The van der Waals surface area contributed by atoms with Crippen molar-refractivity contribution in [3.63, 3.8) is 0 Å². The van der Waals surface area contributed by atoms with Gasteiger partial charge in [0.05, 0.1) is 5.25 Å². The fraction of sp³-hybridized carbons (Fsp3) is 0.345. The Hall–Kier alpha value is -2.96. The van der Waals surface area contributed by atoms with Gasteiger partial charge in [-0.3, -0.25) is 0 Å². The molecule has 0 saturated carbocycles. The van der Waals surface area contributed by atoms with Gasteiger partial charge < -0.3 is 19.5 Å². The summed E-state index contributed by atoms with van der Waals surface area (Å²) in [5, 5.41) is 9.14. The molecule has 0 spiro atoms. The Labute approximate surface area is 211 Å². The number of rotatable bonds is 7. The van der Waals surface area contributed by atoms with Gasteiger partial charge in [-0.1, -0.05) is 54.6 Å². The molecule has 2 aliphatic heterocycles. The zero-order valence-electron chi connectivity index (χ0n) is 19.8. The number of benzene rings is 3. The molecule has 35 heavy (non-hydrogen) atoms. The Balaban J connectivity index is 1.23. The molecule has 0 aromatic heterocycles. The monoisotopic (exact) mass is 489 g/mol. The summed E-state index contributed by atoms with van der Waals surface area (Å²) in [5.41, 5.74) is 4.81. The smallest absolute Gasteiger partial charge is 0.489 e. The fourth-order valence-electron chi connectivity index (χ4n) is 5.11. The number of likely N-dealkylation sites (tertiary alicyclic amines) is 1. The molecule has 1 unspecified atom stereocenters. The minimum atomic E-state index is -1.31. The second-order valence-corrected chi connectivity index (χ2v) is 10.5. The van der Waals surface area contributed by atoms with Crippen molar-refractivity contribution in [3.05, 3.63) is 95.1 Å². The SMILES string of the molecule is O=C(O)Oc1ccc2c(c1)C(SCCN1CCC(Cc3ccccc3)CC1)c1ccccc1CO2. The van der Waals surface area contributed by atoms with Crippen LogP contribution in [0, 0.1) is 5.92 Å². The molecule has 1 atom stereocenters. The van der Waals surface area contributed by atoms with Gasteiger partial charge in [0.15, 0.2) is 0 Å². The number of fused-ring (bicyclic) bond motifs is 2. The lowest BCUT2D eigenvalue weighted by Crippen LogP contribution is -2.35. The van der Waals surface area contributed by atoms with Crippen LogP contribution in [0.3, 0.4) is 0 Å². The van der Waals surface area contributed by atoms with E-state index in [2.05, 4.69) is 53.4 Å². The van der Waals surface area contributed by atoms with E-state index in [1.807, 2.05) is 30.0 Å². The van der Waals surface area contributed by atoms with E-state index in [1.165, 1.54) is 36.0 Å². The average Bonchev–Trinajstić information content (AvgIpc) is 3.02. The van der Waals surface area contributed by atoms with E-state index in [4.69, 9.17) is 14.6 Å². The largest absolute Gasteiger partial charge is 0.511 e. The van der Waals surface area contributed by atoms with Gasteiger partial charge in [-0.2, -0.15) is 0 Å². The first kappa shape index (κ1) is 23.8. The van der Waals surface area contributed by atoms with Crippen LogP contribution in [-0.4, -0.2) is 41.5 Å². The van der Waals surface area contributed by atoms with Gasteiger partial charge in [0, 0.05) is 17.9 Å². The minimum absolute atomic E-state index is 0.0664. The summed E-state index contributed by atoms with van der Waals surface area (Å²) >= 11 is 1.90. The molecular formula is C29H31NO4S. The van der Waals surface area contributed by atoms with Crippen LogP contribution in [0.5, 0.6) is 11.5 Å². The highest BCUT2D eigenvalue weighted by Crippen LogP contribution is 2.45. The van der Waals surface area contributed by atoms with Gasteiger partial charge in [-0.05, 0) is 73.2 Å². The predicted octanol–water partition coefficient (Wildman–Crippen LogP) is 6.41. The first-order valence-electron chi connectivity index (χ1n) is 12.3. The van der Waals surface area contributed by atoms with Crippen molar-refractivity contribution in [3.8, 4) is 11.5 Å². The third-order valence-corrected chi connectivity index (χ3v) is 8.22. The van der Waals surface area contributed by atoms with Gasteiger partial charge in [0.2, 0.25) is 0 Å². The van der Waals surface area contributed by atoms with E-state index in [0.717, 1.165) is 42.6 Å². The molecule has 1 N–H and O–H groups in total. The molecule has 5 nitrogen and oxygen atoms in total. The number of hydrogen-bond donors (Lipinski definition) is 1. The van der Waals surface area contributed by atoms with Crippen LogP contribution in [0.15, 0.2) is 72.8 Å². The summed E-state index contributed by atoms with van der Waals surface area (Å²) in [6.07, 6.45) is 2.37. The van der Waals surface area contributed by atoms with Crippen molar-refractivity contribution in [2.45, 2.75) is 31.1 Å². The van der Waals surface area contributed by atoms with Crippen LogP contribution in [0.2, 0.25) is 0 Å². The van der Waals surface area contributed by atoms with E-state index in [1.54, 1.807) is 6.07 Å². The molecule has 182 valence electrons. The number of hydrogen-bond acceptors (Lipinski definition) is 5. The molecule has 0 aliphatic carbocycles. The maximum Gasteiger partial charge on any atom is 0.511 e. The summed E-state index contributed by atoms with van der Waals surface area (Å²) in [4.78, 5) is 13.7. The Kier molecular flexibility index (Phi) is 7.60. The van der Waals surface area contributed by atoms with Crippen LogP contribution in [0.4, 0.5) is 4.79 Å². The number of thioether (sulfide) groups is 1. The van der Waals surface area contributed by atoms with Gasteiger partial charge in [0.1, 0.15) is 18.1 Å². The van der Waals surface area contributed by atoms with Crippen molar-refractivity contribution < 1.29 is 19.4 Å². The van der Waals surface area contributed by atoms with E-state index in [0.29, 0.717) is 12.4 Å². The zero-order valence-corrected chi connectivity index (χ0v) is 20.6. The first-order chi connectivity index (χ1) is 17.2. The van der Waals surface area contributed by atoms with E-state index >= 15 is 0 Å². The maximum atomic E-state index is 11.1. The number of carboxylic acid groups (broad SMARTS) is 1. The lowest BCUT2D eigenvalue weighted by Gasteiger charge is -2.32. The molecule has 2 aliphatic rings. The standard InChI is InChI=1S/C29H31NO4S/c31-29(32)34-24-10-11-27-26(19-24)28(25-9-5-4-8-23(25)20-33-27)35-17-16-30-14-12-22(13-15-30)18-21-6-2-1-3-7-21/h1-11,19,22,28H,12-18,20H2,(H,31,32). The highest BCUT2D eigenvalue weighted by molar-refractivity contribution is 7.99. The second kappa shape index (κ2) is 11.2. The lowest BCUT2D eigenvalue weighted by atomic mass is 9.90. The van der Waals surface area contributed by atoms with Crippen LogP contribution in [-0.2, 0) is 13.0 Å². The number of ether oxygens (including phenoxy) is 2. The predicted molar refractivity (Wildman–Crippen MR) is 139 cm³/mol. The van der Waals surface area contributed by atoms with E-state index in [9.17, 15) is 4.79 Å². The summed E-state index contributed by atoms with van der Waals surface area (Å²) in [5.74, 6) is 2.88. The normalized spacial score (nSPS) is 18.1. The molecule has 6 heteroatoms. The molecule has 0 amide bonds. The summed E-state index contributed by atoms with van der Waals surface area (Å²) in [7, 11) is 0. The summed E-state index contributed by atoms with van der Waals surface area (Å²) in [6, 6.07) is 24.5. The maximum absolute atomic E-state index is 11.1. The third-order valence-electron chi connectivity index (χ3n) is 6.96. The minimum Gasteiger partial charge on any atom is -0.489 e. The molecule has 3 aromatic rings. The molecule has 1 fully saturated rings. The van der Waals surface area contributed by atoms with Gasteiger partial charge >= 0.3 is 6.16 Å². The fourth-order valence-corrected chi connectivity index (χ4v) is 6.49. The lowest BCUT2D eigenvalue weighted by molar-refractivity contribution is 0.144. The zero-order chi connectivity index (χ0) is 24.0. The number of nitrogens with zero attached hydrogens (tertiary/aromatic N) is 1. The Morgan fingerprint density at radius 2 is 1.77 bits per heavy atom. The van der Waals surface area contributed by atoms with Gasteiger partial charge in [-0.25, -0.2) is 4.79 Å². The molecule has 1 saturated heterocycles. The van der Waals surface area contributed by atoms with E-state index in [-0.39, 0.29) is 5.25 Å². The highest BCUT2D eigenvalue weighted by atomic mass is 32.2. The van der Waals surface area contributed by atoms with E-state index < -0.39 is 6.16 Å². The molecule has 0 radical (unpaired) electrons. The summed E-state index contributed by atoms with van der Waals surface area (Å²) < 4.78 is 11.0. The van der Waals surface area contributed by atoms with Crippen LogP contribution >= 0.6 is 11.8 Å². The molecule has 3 aromatic carbocycles. The van der Waals surface area contributed by atoms with Crippen LogP contribution in [0.25, 0.3) is 0 Å². The Morgan fingerprint density at radius 1 is 1.00 bits per heavy atom. The van der Waals surface area contributed by atoms with Crippen molar-refractivity contribution >= 4 is 17.9 Å². The van der Waals surface area contributed by atoms with Crippen LogP contribution < -0.4 is 9.47 Å². The Bertz CT molecular complexity index is 1140. The van der Waals surface area contributed by atoms with Gasteiger partial charge in [-0.15, -0.1) is 11.8 Å². The van der Waals surface area contributed by atoms with Crippen molar-refractivity contribution in [2.24, 2.45) is 5.92 Å². The van der Waals surface area contributed by atoms with Crippen molar-refractivity contribution in [2.75, 3.05) is 25.4 Å². The Morgan fingerprint density at radius 3 is 2.57 bits per heavy atom. The summed E-state index contributed by atoms with van der Waals surface area (Å²) in [6.45, 7) is 3.85. The first-order valence-corrected chi connectivity index (χ1v) is 13.3. The van der Waals surface area contributed by atoms with Gasteiger partial charge in [0.25, 0.3) is 0 Å². The average molecular weight is 490 g/mol. The van der Waals surface area contributed by atoms with Crippen molar-refractivity contribution in [1.82, 2.24) is 4.90 Å². The van der Waals surface area contributed by atoms with Crippen LogP contribution in [0.1, 0.15) is 40.3 Å². The number of carbonyl (C=O) groups is 1. The topological polar surface area (TPSA) is 59.0 Å². The third kappa shape index (κ3) is 6.00. The second-order valence-electron chi connectivity index (χ2n) is 9.28. The quantitative estimate of drug-likeness (QED) is 0.306. The molecule has 0 bridgehead atoms. The highest BCUT2D eigenvalue weighted by Gasteiger charge is 2.27. The molecule has 2 heterocycles. The van der Waals surface area contributed by atoms with Crippen molar-refractivity contribution in [1.29, 1.82) is 0 Å². The number of piperidine rings is 1.